The third-order valence-corrected chi connectivity index (χ3v) is 26.4. The second-order valence-electron chi connectivity index (χ2n) is 29.9. The van der Waals surface area contributed by atoms with E-state index in [-0.39, 0.29) is 95.4 Å². The molecule has 9 N–H and O–H groups in total. The van der Waals surface area contributed by atoms with Gasteiger partial charge >= 0.3 is 30.3 Å². The maximum atomic E-state index is 13.3. The van der Waals surface area contributed by atoms with Crippen LogP contribution >= 0.6 is 69.6 Å². The van der Waals surface area contributed by atoms with E-state index in [2.05, 4.69) is 44.3 Å². The van der Waals surface area contributed by atoms with Crippen molar-refractivity contribution in [1.82, 2.24) is 20.3 Å². The Balaban J connectivity index is 0.000000629. The summed E-state index contributed by atoms with van der Waals surface area (Å²) >= 11 is 38.5. The van der Waals surface area contributed by atoms with Crippen LogP contribution in [0.2, 0.25) is 30.1 Å². The minimum absolute atomic E-state index is 0. The van der Waals surface area contributed by atoms with Crippen molar-refractivity contribution in [1.29, 1.82) is 0 Å². The Bertz CT molecular complexity index is 4830. The third kappa shape index (κ3) is 43.9. The highest BCUT2D eigenvalue weighted by atomic mass is 35.5. The summed E-state index contributed by atoms with van der Waals surface area (Å²) in [5.74, 6) is -5.44. The minimum atomic E-state index is -5.08. The van der Waals surface area contributed by atoms with Gasteiger partial charge in [0.1, 0.15) is 18.9 Å². The molecule has 29 nitrogen and oxygen atoms in total. The molecule has 131 heavy (non-hydrogen) atoms. The molecule has 5 atom stereocenters. The number of amides is 2. The Morgan fingerprint density at radius 3 is 1.30 bits per heavy atom. The Labute approximate surface area is 801 Å². The van der Waals surface area contributed by atoms with Crippen molar-refractivity contribution in [3.63, 3.8) is 0 Å². The molecule has 6 aromatic rings. The van der Waals surface area contributed by atoms with Gasteiger partial charge in [0.25, 0.3) is 0 Å². The number of nitrogens with two attached hydrogens (primary N) is 1. The van der Waals surface area contributed by atoms with Crippen LogP contribution < -0.4 is 55.7 Å². The van der Waals surface area contributed by atoms with Gasteiger partial charge in [-0.2, -0.15) is 26.3 Å². The van der Waals surface area contributed by atoms with Crippen LogP contribution in [0.25, 0.3) is 0 Å². The lowest BCUT2D eigenvalue weighted by Gasteiger charge is -2.33. The van der Waals surface area contributed by atoms with Crippen LogP contribution in [0, 0.1) is 0 Å². The number of likely N-dealkylation sites (N-methyl/N-ethyl adjacent to an activating group) is 3. The summed E-state index contributed by atoms with van der Waals surface area (Å²) in [6.07, 6.45) is -2.24. The number of carbonyl (C=O) groups is 4. The molecule has 0 aromatic heterocycles. The number of sulfonamides is 1. The summed E-state index contributed by atoms with van der Waals surface area (Å²) in [5, 5.41) is 23.4. The van der Waals surface area contributed by atoms with E-state index in [1.807, 2.05) is 43.4 Å². The Kier molecular flexibility index (Phi) is 55.5. The van der Waals surface area contributed by atoms with Crippen molar-refractivity contribution in [3.05, 3.63) is 189 Å². The second-order valence-corrected chi connectivity index (χ2v) is 38.4. The largest absolute Gasteiger partial charge is 1.00 e. The van der Waals surface area contributed by atoms with Gasteiger partial charge in [-0.05, 0) is 157 Å². The number of unbranched alkanes of at least 4 members (excludes halogenated alkanes) is 2. The number of rotatable bonds is 46. The average Bonchev–Trinajstić information content (AvgIpc) is 0.780. The molecular weight excluding hydrogens is 1960 g/mol. The number of carbonyl (C=O) groups excluding carboxylic acids is 4. The third-order valence-electron chi connectivity index (χ3n) is 19.7. The molecule has 0 fully saturated rings. The van der Waals surface area contributed by atoms with E-state index >= 15 is 0 Å². The van der Waals surface area contributed by atoms with Crippen LogP contribution in [-0.4, -0.2) is 259 Å². The SMILES string of the molecule is CN1Cc2c(Cl)cc(Cl)cc2[C@H](c2cccc(S(=O)(=O)CCCOCCOCCN)c2)C1.C[NH+]1Cc2c(Cl)cc(Cl)cc2[C@H](c2cccc(S(=O)(=O)CCCOCCOCCNC(=O)NCCCCCC(=O)CCCOCCOCCNS(=O)(=O)c3cccc([C@@H]4C[NH+](C)Cc5c(Cl)cc(Cl)cc54)c3)c2)C1.O=C(O)C(F)(F)F.O=C(O)C(F)(F)F.O=C=NCCCN=C=O.[Cl-].[Cl-]. The molecule has 6 aromatic carbocycles. The molecule has 3 aliphatic rings. The number of hydrogen-bond donors (Lipinski definition) is 8. The zero-order valence-corrected chi connectivity index (χ0v) is 80.5. The smallest absolute Gasteiger partial charge is 0.490 e. The van der Waals surface area contributed by atoms with Gasteiger partial charge < -0.3 is 94.5 Å². The van der Waals surface area contributed by atoms with Crippen molar-refractivity contribution >= 4 is 135 Å². The van der Waals surface area contributed by atoms with Crippen LogP contribution in [0.15, 0.2) is 134 Å². The first kappa shape index (κ1) is 118. The first-order valence-electron chi connectivity index (χ1n) is 41.0. The van der Waals surface area contributed by atoms with Gasteiger partial charge in [0, 0.05) is 109 Å². The summed E-state index contributed by atoms with van der Waals surface area (Å²) in [4.78, 5) is 73.2. The molecule has 2 amide bonds. The number of halogens is 14. The van der Waals surface area contributed by atoms with E-state index in [0.717, 1.165) is 109 Å². The number of ether oxygens (including phenoxy) is 6. The summed E-state index contributed by atoms with van der Waals surface area (Å²) in [7, 11) is -4.51. The average molecular weight is 2070 g/mol. The van der Waals surface area contributed by atoms with E-state index in [4.69, 9.17) is 124 Å². The summed E-state index contributed by atoms with van der Waals surface area (Å²) in [6.45, 7) is 10.9. The van der Waals surface area contributed by atoms with Gasteiger partial charge in [-0.3, -0.25) is 4.79 Å². The van der Waals surface area contributed by atoms with E-state index in [9.17, 15) is 70.8 Å². The molecule has 0 saturated carbocycles. The molecule has 0 saturated heterocycles. The first-order valence-corrected chi connectivity index (χ1v) is 48.0. The maximum absolute atomic E-state index is 13.3. The van der Waals surface area contributed by atoms with Gasteiger partial charge in [0.05, 0.1) is 148 Å². The number of nitrogens with zero attached hydrogens (tertiary/aromatic N) is 3. The Morgan fingerprint density at radius 2 is 0.863 bits per heavy atom. The van der Waals surface area contributed by atoms with Crippen molar-refractivity contribution in [2.75, 3.05) is 171 Å². The molecule has 0 bridgehead atoms. The fourth-order valence-corrected chi connectivity index (χ4v) is 19.1. The number of ketones is 1. The lowest BCUT2D eigenvalue weighted by molar-refractivity contribution is -0.897. The highest BCUT2D eigenvalue weighted by Gasteiger charge is 2.40. The molecule has 3 aliphatic heterocycles. The van der Waals surface area contributed by atoms with Gasteiger partial charge in [-0.1, -0.05) is 112 Å². The highest BCUT2D eigenvalue weighted by Crippen LogP contribution is 2.41. The molecule has 9 rings (SSSR count). The Hall–Kier alpha value is -6.73. The van der Waals surface area contributed by atoms with Gasteiger partial charge in [0.2, 0.25) is 22.2 Å². The van der Waals surface area contributed by atoms with Gasteiger partial charge in [-0.25, -0.2) is 63.9 Å². The number of fused-ring (bicyclic) bond motifs is 3. The number of quaternary nitrogens is 2. The lowest BCUT2D eigenvalue weighted by atomic mass is 9.85. The summed E-state index contributed by atoms with van der Waals surface area (Å²) in [6, 6.07) is 32.1. The van der Waals surface area contributed by atoms with Crippen molar-refractivity contribution < 1.29 is 154 Å². The normalized spacial score (nSPS) is 15.8. The molecule has 3 heterocycles. The van der Waals surface area contributed by atoms with Crippen LogP contribution in [0.1, 0.15) is 126 Å². The zero-order valence-electron chi connectivity index (χ0n) is 72.1. The zero-order chi connectivity index (χ0) is 95.3. The number of urea groups is 1. The number of benzene rings is 6. The monoisotopic (exact) mass is 2070 g/mol. The predicted molar refractivity (Wildman–Crippen MR) is 476 cm³/mol. The van der Waals surface area contributed by atoms with Crippen molar-refractivity contribution in [2.24, 2.45) is 15.7 Å². The molecule has 2 unspecified atom stereocenters. The molecule has 0 radical (unpaired) electrons. The van der Waals surface area contributed by atoms with Crippen LogP contribution in [0.4, 0.5) is 31.1 Å². The fourth-order valence-electron chi connectivity index (χ4n) is 13.6. The second kappa shape index (κ2) is 61.4. The number of carboxylic acids is 2. The quantitative estimate of drug-likeness (QED) is 0.0107. The van der Waals surface area contributed by atoms with Gasteiger partial charge in [0.15, 0.2) is 19.7 Å². The lowest BCUT2D eigenvalue weighted by Crippen LogP contribution is -3.09. The number of Topliss-reactive ketones (excluding diaryl/α,β-unsaturated/α-hetero) is 1. The molecule has 0 aliphatic carbocycles. The van der Waals surface area contributed by atoms with E-state index in [1.54, 1.807) is 72.8 Å². The van der Waals surface area contributed by atoms with Crippen molar-refractivity contribution in [3.8, 4) is 0 Å². The first-order chi connectivity index (χ1) is 61.1. The van der Waals surface area contributed by atoms with Crippen molar-refractivity contribution in [2.45, 2.75) is 122 Å². The number of sulfone groups is 2. The molecular formula is C85H109Cl8F6N9O20S3. The minimum Gasteiger partial charge on any atom is -1.00 e. The topological polar surface area (TPSA) is 400 Å². The van der Waals surface area contributed by atoms with Gasteiger partial charge in [-0.15, -0.1) is 0 Å². The van der Waals surface area contributed by atoms with Crippen LogP contribution in [0.3, 0.4) is 0 Å². The molecule has 0 spiro atoms. The fraction of sp³-hybridized carbons (Fsp3) is 0.506. The summed E-state index contributed by atoms with van der Waals surface area (Å²) < 4.78 is 178. The predicted octanol–water partition coefficient (Wildman–Crippen LogP) is 5.09. The number of aliphatic imine (C=N–C) groups is 2. The number of carboxylic acid groups (broad SMARTS) is 2. The Morgan fingerprint density at radius 1 is 0.489 bits per heavy atom. The van der Waals surface area contributed by atoms with E-state index in [1.165, 1.54) is 22.0 Å². The highest BCUT2D eigenvalue weighted by molar-refractivity contribution is 7.91. The number of isocyanates is 2. The number of aliphatic carboxylic acids is 2. The number of nitrogens with one attached hydrogen (secondary N) is 5. The standard InChI is InChI=1S/C53H69Cl4N5O10S2.C23H30Cl2N2O4S.C5H6N2O2.2C2HF3O2.2ClH/c1-61-34-47(45-30-40(54)32-51(56)49(45)36-61)38-10-6-14-43(28-38)73(65,66)27-9-20-70-24-25-71-21-17-59-53(64)58-16-5-3-4-12-42(63)13-8-19-69-23-26-72-22-18-60-74(67,68)44-15-7-11-39(29-44)48-35-62(2)37-50-46(48)31-41(55)33-52(50)57;1-27-15-21(20-13-18(24)14-23(25)22(20)16-27)17-4-2-5-19(12-17)32(28,29)11-3-7-30-9-10-31-8-6-26;8-4-6-2-1-3-7-5-9;2*3-2(4,5)1(6)7;;/h6-7,10-11,14-15,28-33,47-48,60H,3-5,8-9,12-13,16-27,34-37H2,1-2H3,(H2,58,59,64);2,4-5,12-14,21H,3,6-11,15-16,26H2,1H3;1-3H2;2*(H,6,7);2*1H/t47-,48-;21-;;;;;/m00...../s1. The van der Waals surface area contributed by atoms with Crippen LogP contribution in [-0.2, 0) is 102 Å². The van der Waals surface area contributed by atoms with E-state index in [0.29, 0.717) is 172 Å². The molecule has 730 valence electrons. The number of alkyl halides is 6. The maximum Gasteiger partial charge on any atom is 0.490 e. The number of hydrogen-bond acceptors (Lipinski definition) is 22. The van der Waals surface area contributed by atoms with Crippen LogP contribution in [0.5, 0.6) is 0 Å². The van der Waals surface area contributed by atoms with E-state index < -0.39 is 54.0 Å². The summed E-state index contributed by atoms with van der Waals surface area (Å²) in [5.41, 5.74) is 14.3. The molecule has 46 heteroatoms.